The van der Waals surface area contributed by atoms with Crippen LogP contribution in [0, 0.1) is 3.57 Å². The molecule has 0 atom stereocenters. The molecule has 1 aromatic carbocycles. The predicted molar refractivity (Wildman–Crippen MR) is 59.2 cm³/mol. The zero-order chi connectivity index (χ0) is 10.3. The number of benzene rings is 1. The van der Waals surface area contributed by atoms with Crippen LogP contribution in [0.4, 0.5) is 0 Å². The topological polar surface area (TPSA) is 46.5 Å². The van der Waals surface area contributed by atoms with E-state index in [9.17, 15) is 4.79 Å². The molecule has 0 aliphatic rings. The van der Waals surface area contributed by atoms with Gasteiger partial charge < -0.3 is 9.84 Å². The molecule has 0 aromatic heterocycles. The predicted octanol–water partition coefficient (Wildman–Crippen LogP) is 1.72. The Hall–Kier alpha value is -0.620. The summed E-state index contributed by atoms with van der Waals surface area (Å²) >= 11 is 2.10. The first kappa shape index (κ1) is 12.4. The van der Waals surface area contributed by atoms with Crippen molar-refractivity contribution >= 4 is 28.9 Å². The van der Waals surface area contributed by atoms with Crippen molar-refractivity contribution < 1.29 is 14.6 Å². The van der Waals surface area contributed by atoms with Crippen LogP contribution in [0.2, 0.25) is 0 Å². The smallest absolute Gasteiger partial charge is 0.151 e. The van der Waals surface area contributed by atoms with Gasteiger partial charge in [-0.1, -0.05) is 0 Å². The van der Waals surface area contributed by atoms with E-state index in [0.29, 0.717) is 5.56 Å². The van der Waals surface area contributed by atoms with E-state index in [0.717, 1.165) is 22.7 Å². The molecule has 0 spiro atoms. The van der Waals surface area contributed by atoms with Crippen molar-refractivity contribution in [1.82, 2.24) is 0 Å². The highest BCUT2D eigenvalue weighted by molar-refractivity contribution is 14.1. The lowest BCUT2D eigenvalue weighted by Crippen LogP contribution is -1.88. The first-order valence-electron chi connectivity index (χ1n) is 3.51. The number of carbonyl (C=O) groups is 1. The van der Waals surface area contributed by atoms with Crippen molar-refractivity contribution in [3.63, 3.8) is 0 Å². The number of aldehydes is 1. The number of hydrogen-bond donors (Lipinski definition) is 1. The monoisotopic (exact) mass is 294 g/mol. The van der Waals surface area contributed by atoms with Gasteiger partial charge in [0.25, 0.3) is 0 Å². The van der Waals surface area contributed by atoms with Crippen LogP contribution in [-0.4, -0.2) is 25.6 Å². The van der Waals surface area contributed by atoms with Gasteiger partial charge in [-0.2, -0.15) is 0 Å². The Morgan fingerprint density at radius 2 is 2.08 bits per heavy atom. The summed E-state index contributed by atoms with van der Waals surface area (Å²) < 4.78 is 5.89. The second-order valence-corrected chi connectivity index (χ2v) is 3.17. The summed E-state index contributed by atoms with van der Waals surface area (Å²) in [6.45, 7) is 0. The molecule has 4 heteroatoms. The summed E-state index contributed by atoms with van der Waals surface area (Å²) in [6, 6.07) is 5.34. The lowest BCUT2D eigenvalue weighted by molar-refractivity contribution is 0.112. The van der Waals surface area contributed by atoms with E-state index in [1.807, 2.05) is 6.07 Å². The van der Waals surface area contributed by atoms with Crippen molar-refractivity contribution in [2.75, 3.05) is 14.2 Å². The number of hydrogen-bond acceptors (Lipinski definition) is 3. The number of rotatable bonds is 2. The Morgan fingerprint density at radius 1 is 1.46 bits per heavy atom. The number of aliphatic hydroxyl groups excluding tert-OH is 1. The molecule has 0 fully saturated rings. The molecule has 0 saturated heterocycles. The van der Waals surface area contributed by atoms with Gasteiger partial charge in [-0.3, -0.25) is 4.79 Å². The van der Waals surface area contributed by atoms with Gasteiger partial charge in [-0.15, -0.1) is 0 Å². The summed E-state index contributed by atoms with van der Waals surface area (Å²) in [5, 5.41) is 7.00. The average molecular weight is 294 g/mol. The van der Waals surface area contributed by atoms with Gasteiger partial charge in [0.1, 0.15) is 5.75 Å². The Kier molecular flexibility index (Phi) is 6.52. The Labute approximate surface area is 90.9 Å². The molecule has 0 aliphatic carbocycles. The maximum atomic E-state index is 10.4. The van der Waals surface area contributed by atoms with Crippen LogP contribution >= 0.6 is 22.6 Å². The zero-order valence-corrected chi connectivity index (χ0v) is 9.61. The van der Waals surface area contributed by atoms with Crippen molar-refractivity contribution in [3.05, 3.63) is 27.3 Å². The van der Waals surface area contributed by atoms with E-state index in [1.165, 1.54) is 0 Å². The van der Waals surface area contributed by atoms with E-state index in [4.69, 9.17) is 9.84 Å². The molecule has 72 valence electrons. The third kappa shape index (κ3) is 3.73. The SMILES string of the molecule is CO.COc1ccc(C=O)c(I)c1. The normalized spacial score (nSPS) is 8.31. The highest BCUT2D eigenvalue weighted by Gasteiger charge is 1.98. The Bertz CT molecular complexity index is 274. The number of carbonyl (C=O) groups excluding carboxylic acids is 1. The average Bonchev–Trinajstić information content (AvgIpc) is 2.20. The van der Waals surface area contributed by atoms with Gasteiger partial charge >= 0.3 is 0 Å². The van der Waals surface area contributed by atoms with Gasteiger partial charge in [0, 0.05) is 16.2 Å². The van der Waals surface area contributed by atoms with E-state index in [1.54, 1.807) is 19.2 Å². The third-order valence-corrected chi connectivity index (χ3v) is 2.27. The van der Waals surface area contributed by atoms with Crippen molar-refractivity contribution in [3.8, 4) is 5.75 Å². The first-order chi connectivity index (χ1) is 6.27. The first-order valence-corrected chi connectivity index (χ1v) is 4.59. The van der Waals surface area contributed by atoms with E-state index in [2.05, 4.69) is 22.6 Å². The molecular weight excluding hydrogens is 283 g/mol. The fraction of sp³-hybridized carbons (Fsp3) is 0.222. The summed E-state index contributed by atoms with van der Waals surface area (Å²) in [4.78, 5) is 10.4. The molecular formula is C9H11IO3. The largest absolute Gasteiger partial charge is 0.497 e. The standard InChI is InChI=1S/C8H7IO2.CH4O/c1-11-7-3-2-6(5-10)8(9)4-7;1-2/h2-5H,1H3;2H,1H3. The van der Waals surface area contributed by atoms with Crippen LogP contribution in [0.1, 0.15) is 10.4 Å². The van der Waals surface area contributed by atoms with Crippen LogP contribution in [0.3, 0.4) is 0 Å². The lowest BCUT2D eigenvalue weighted by atomic mass is 10.2. The van der Waals surface area contributed by atoms with Gasteiger partial charge in [-0.05, 0) is 40.8 Å². The third-order valence-electron chi connectivity index (χ3n) is 1.33. The molecule has 1 N–H and O–H groups in total. The molecule has 0 amide bonds. The molecule has 0 bridgehead atoms. The highest BCUT2D eigenvalue weighted by Crippen LogP contribution is 2.17. The highest BCUT2D eigenvalue weighted by atomic mass is 127. The van der Waals surface area contributed by atoms with Crippen LogP contribution in [-0.2, 0) is 0 Å². The van der Waals surface area contributed by atoms with E-state index < -0.39 is 0 Å². The number of ether oxygens (including phenoxy) is 1. The molecule has 0 aliphatic heterocycles. The fourth-order valence-electron chi connectivity index (χ4n) is 0.730. The Balaban J connectivity index is 0.000000671. The summed E-state index contributed by atoms with van der Waals surface area (Å²) in [5.41, 5.74) is 0.700. The molecule has 3 nitrogen and oxygen atoms in total. The lowest BCUT2D eigenvalue weighted by Gasteiger charge is -2.00. The second kappa shape index (κ2) is 6.85. The maximum absolute atomic E-state index is 10.4. The summed E-state index contributed by atoms with van der Waals surface area (Å²) in [5.74, 6) is 0.778. The second-order valence-electron chi connectivity index (χ2n) is 2.01. The zero-order valence-electron chi connectivity index (χ0n) is 7.45. The van der Waals surface area contributed by atoms with Crippen molar-refractivity contribution in [2.45, 2.75) is 0 Å². The van der Waals surface area contributed by atoms with E-state index in [-0.39, 0.29) is 0 Å². The minimum absolute atomic E-state index is 0.700. The quantitative estimate of drug-likeness (QED) is 0.667. The molecule has 1 aromatic rings. The number of methoxy groups -OCH3 is 1. The maximum Gasteiger partial charge on any atom is 0.151 e. The Morgan fingerprint density at radius 3 is 2.46 bits per heavy atom. The van der Waals surface area contributed by atoms with Crippen LogP contribution in [0.25, 0.3) is 0 Å². The van der Waals surface area contributed by atoms with Gasteiger partial charge in [0.05, 0.1) is 7.11 Å². The summed E-state index contributed by atoms with van der Waals surface area (Å²) in [6.07, 6.45) is 0.835. The van der Waals surface area contributed by atoms with Gasteiger partial charge in [0.2, 0.25) is 0 Å². The molecule has 0 unspecified atom stereocenters. The van der Waals surface area contributed by atoms with Crippen molar-refractivity contribution in [2.24, 2.45) is 0 Å². The van der Waals surface area contributed by atoms with Crippen LogP contribution in [0.5, 0.6) is 5.75 Å². The molecule has 0 saturated carbocycles. The van der Waals surface area contributed by atoms with Gasteiger partial charge in [0.15, 0.2) is 6.29 Å². The molecule has 0 radical (unpaired) electrons. The van der Waals surface area contributed by atoms with Crippen LogP contribution < -0.4 is 4.74 Å². The van der Waals surface area contributed by atoms with Crippen molar-refractivity contribution in [1.29, 1.82) is 0 Å². The minimum Gasteiger partial charge on any atom is -0.497 e. The van der Waals surface area contributed by atoms with Crippen LogP contribution in [0.15, 0.2) is 18.2 Å². The molecule has 13 heavy (non-hydrogen) atoms. The minimum atomic E-state index is 0.700. The number of halogens is 1. The van der Waals surface area contributed by atoms with E-state index >= 15 is 0 Å². The number of aliphatic hydroxyl groups is 1. The fourth-order valence-corrected chi connectivity index (χ4v) is 1.34. The molecule has 1 rings (SSSR count). The summed E-state index contributed by atoms with van der Waals surface area (Å²) in [7, 11) is 2.60. The van der Waals surface area contributed by atoms with Gasteiger partial charge in [-0.25, -0.2) is 0 Å². The molecule has 0 heterocycles.